The molecule has 0 saturated heterocycles. The van der Waals surface area contributed by atoms with Crippen molar-refractivity contribution < 1.29 is 9.26 Å². The van der Waals surface area contributed by atoms with Gasteiger partial charge in [-0.05, 0) is 56.8 Å². The van der Waals surface area contributed by atoms with E-state index in [0.717, 1.165) is 43.4 Å². The molecule has 0 aromatic carbocycles. The molecule has 6 rings (SSSR count). The number of nitrogens with zero attached hydrogens (tertiary/aromatic N) is 2. The Balaban J connectivity index is 1.44. The molecule has 2 aromatic heterocycles. The lowest BCUT2D eigenvalue weighted by atomic mass is 9.58. The van der Waals surface area contributed by atoms with Crippen LogP contribution in [-0.4, -0.2) is 15.7 Å². The molecule has 0 amide bonds. The lowest BCUT2D eigenvalue weighted by molar-refractivity contribution is -0.133. The molecule has 4 saturated carbocycles. The highest BCUT2D eigenvalue weighted by molar-refractivity contribution is 6.38. The Morgan fingerprint density at radius 2 is 1.75 bits per heavy atom. The molecule has 6 heteroatoms. The van der Waals surface area contributed by atoms with Gasteiger partial charge in [-0.15, -0.1) is 6.58 Å². The van der Waals surface area contributed by atoms with Crippen LogP contribution < -0.4 is 0 Å². The van der Waals surface area contributed by atoms with Crippen LogP contribution in [0.4, 0.5) is 0 Å². The summed E-state index contributed by atoms with van der Waals surface area (Å²) in [7, 11) is 0. The summed E-state index contributed by atoms with van der Waals surface area (Å²) < 4.78 is 12.4. The minimum atomic E-state index is -0.0358. The maximum Gasteiger partial charge on any atom is 0.145 e. The zero-order valence-electron chi connectivity index (χ0n) is 15.8. The summed E-state index contributed by atoms with van der Waals surface area (Å²) in [5, 5.41) is 5.31. The Kier molecular flexibility index (Phi) is 4.57. The quantitative estimate of drug-likeness (QED) is 0.488. The fourth-order valence-electron chi connectivity index (χ4n) is 4.89. The summed E-state index contributed by atoms with van der Waals surface area (Å²) in [4.78, 5) is 4.06. The van der Waals surface area contributed by atoms with E-state index >= 15 is 0 Å². The number of fused-ring (bicyclic) bond motifs is 3. The van der Waals surface area contributed by atoms with Gasteiger partial charge in [-0.3, -0.25) is 4.98 Å². The van der Waals surface area contributed by atoms with Crippen molar-refractivity contribution in [2.75, 3.05) is 0 Å². The monoisotopic (exact) mass is 418 g/mol. The summed E-state index contributed by atoms with van der Waals surface area (Å²) in [6, 6.07) is 0. The van der Waals surface area contributed by atoms with Crippen LogP contribution in [0.1, 0.15) is 68.6 Å². The normalized spacial score (nSPS) is 29.2. The highest BCUT2D eigenvalue weighted by Gasteiger charge is 2.48. The smallest absolute Gasteiger partial charge is 0.145 e. The first-order chi connectivity index (χ1) is 13.5. The van der Waals surface area contributed by atoms with E-state index in [4.69, 9.17) is 32.5 Å². The van der Waals surface area contributed by atoms with Crippen molar-refractivity contribution in [1.29, 1.82) is 0 Å². The third kappa shape index (κ3) is 3.10. The Labute approximate surface area is 175 Å². The topological polar surface area (TPSA) is 48.2 Å². The first-order valence-corrected chi connectivity index (χ1v) is 10.9. The SMILES string of the molecule is C=CC12CCC(OCc3c(-c4c(Cl)cncc4Cl)noc3C3CC3)(CC1)CC2. The maximum absolute atomic E-state index is 6.62. The van der Waals surface area contributed by atoms with Crippen LogP contribution in [0.15, 0.2) is 29.6 Å². The summed E-state index contributed by atoms with van der Waals surface area (Å²) in [5.74, 6) is 1.37. The third-order valence-electron chi connectivity index (χ3n) is 7.05. The molecule has 28 heavy (non-hydrogen) atoms. The third-order valence-corrected chi connectivity index (χ3v) is 7.62. The van der Waals surface area contributed by atoms with Crippen LogP contribution in [0.5, 0.6) is 0 Å². The first kappa shape index (κ1) is 18.7. The lowest BCUT2D eigenvalue weighted by Gasteiger charge is -2.52. The van der Waals surface area contributed by atoms with Crippen molar-refractivity contribution in [2.24, 2.45) is 5.41 Å². The maximum atomic E-state index is 6.62. The second kappa shape index (κ2) is 6.86. The molecule has 0 spiro atoms. The molecular weight excluding hydrogens is 395 g/mol. The van der Waals surface area contributed by atoms with Crippen LogP contribution in [0.3, 0.4) is 0 Å². The molecule has 148 valence electrons. The molecule has 4 aliphatic rings. The Bertz CT molecular complexity index is 874. The fraction of sp³-hybridized carbons (Fsp3) is 0.545. The van der Waals surface area contributed by atoms with Crippen molar-refractivity contribution >= 4 is 23.2 Å². The summed E-state index contributed by atoms with van der Waals surface area (Å²) in [5.41, 5.74) is 2.68. The van der Waals surface area contributed by atoms with Gasteiger partial charge in [-0.1, -0.05) is 34.4 Å². The number of hydrogen-bond donors (Lipinski definition) is 0. The fourth-order valence-corrected chi connectivity index (χ4v) is 5.43. The van der Waals surface area contributed by atoms with Crippen LogP contribution in [0.25, 0.3) is 11.3 Å². The van der Waals surface area contributed by atoms with Gasteiger partial charge in [0.15, 0.2) is 0 Å². The predicted octanol–water partition coefficient (Wildman–Crippen LogP) is 6.72. The number of allylic oxidation sites excluding steroid dienone is 1. The second-order valence-electron chi connectivity index (χ2n) is 8.66. The Hall–Kier alpha value is -1.36. The van der Waals surface area contributed by atoms with E-state index < -0.39 is 0 Å². The number of hydrogen-bond acceptors (Lipinski definition) is 4. The van der Waals surface area contributed by atoms with Crippen molar-refractivity contribution in [1.82, 2.24) is 10.1 Å². The van der Waals surface area contributed by atoms with Crippen LogP contribution in [0, 0.1) is 5.41 Å². The van der Waals surface area contributed by atoms with E-state index in [9.17, 15) is 0 Å². The van der Waals surface area contributed by atoms with Gasteiger partial charge >= 0.3 is 0 Å². The molecule has 0 unspecified atom stereocenters. The number of ether oxygens (including phenoxy) is 1. The van der Waals surface area contributed by atoms with E-state index in [1.807, 2.05) is 0 Å². The first-order valence-electron chi connectivity index (χ1n) is 10.1. The minimum Gasteiger partial charge on any atom is -0.370 e. The number of rotatable bonds is 6. The molecule has 0 radical (unpaired) electrons. The van der Waals surface area contributed by atoms with E-state index in [1.54, 1.807) is 12.4 Å². The average molecular weight is 419 g/mol. The minimum absolute atomic E-state index is 0.0358. The number of halogens is 2. The van der Waals surface area contributed by atoms with Crippen LogP contribution in [-0.2, 0) is 11.3 Å². The van der Waals surface area contributed by atoms with E-state index in [1.165, 1.54) is 19.3 Å². The van der Waals surface area contributed by atoms with Gasteiger partial charge in [0.2, 0.25) is 0 Å². The second-order valence-corrected chi connectivity index (χ2v) is 9.48. The van der Waals surface area contributed by atoms with Crippen LogP contribution >= 0.6 is 23.2 Å². The molecule has 4 fully saturated rings. The molecular formula is C22H24Cl2N2O2. The molecule has 0 N–H and O–H groups in total. The Morgan fingerprint density at radius 3 is 2.32 bits per heavy atom. The van der Waals surface area contributed by atoms with Crippen molar-refractivity contribution in [3.63, 3.8) is 0 Å². The van der Waals surface area contributed by atoms with Crippen molar-refractivity contribution in [2.45, 2.75) is 69.5 Å². The molecule has 0 aliphatic heterocycles. The van der Waals surface area contributed by atoms with Gasteiger partial charge in [0.05, 0.1) is 22.3 Å². The standard InChI is InChI=1S/C22H24Cl2N2O2/c1-2-21-5-8-22(9-6-21,10-7-21)27-13-15-19(26-28-20(15)14-3-4-14)18-16(23)11-25-12-17(18)24/h2,11-12,14H,1,3-10,13H2. The van der Waals surface area contributed by atoms with Crippen molar-refractivity contribution in [3.05, 3.63) is 46.4 Å². The molecule has 4 aliphatic carbocycles. The molecule has 2 bridgehead atoms. The zero-order chi connectivity index (χ0) is 19.4. The Morgan fingerprint density at radius 1 is 1.11 bits per heavy atom. The van der Waals surface area contributed by atoms with E-state index in [-0.39, 0.29) is 5.60 Å². The lowest BCUT2D eigenvalue weighted by Crippen LogP contribution is -2.46. The zero-order valence-corrected chi connectivity index (χ0v) is 17.4. The number of aromatic nitrogens is 2. The number of pyridine rings is 1. The molecule has 0 atom stereocenters. The molecule has 2 aromatic rings. The molecule has 2 heterocycles. The highest BCUT2D eigenvalue weighted by Crippen LogP contribution is 2.55. The van der Waals surface area contributed by atoms with Gasteiger partial charge in [0, 0.05) is 29.4 Å². The van der Waals surface area contributed by atoms with Gasteiger partial charge < -0.3 is 9.26 Å². The average Bonchev–Trinajstić information content (AvgIpc) is 3.48. The van der Waals surface area contributed by atoms with Gasteiger partial charge in [0.1, 0.15) is 11.5 Å². The van der Waals surface area contributed by atoms with Gasteiger partial charge in [-0.2, -0.15) is 0 Å². The van der Waals surface area contributed by atoms with Crippen molar-refractivity contribution in [3.8, 4) is 11.3 Å². The van der Waals surface area contributed by atoms with E-state index in [2.05, 4.69) is 22.8 Å². The van der Waals surface area contributed by atoms with Gasteiger partial charge in [-0.25, -0.2) is 0 Å². The summed E-state index contributed by atoms with van der Waals surface area (Å²) in [6.45, 7) is 4.56. The molecule has 4 nitrogen and oxygen atoms in total. The van der Waals surface area contributed by atoms with Crippen LogP contribution in [0.2, 0.25) is 10.0 Å². The predicted molar refractivity (Wildman–Crippen MR) is 110 cm³/mol. The highest BCUT2D eigenvalue weighted by atomic mass is 35.5. The summed E-state index contributed by atoms with van der Waals surface area (Å²) >= 11 is 12.8. The van der Waals surface area contributed by atoms with Gasteiger partial charge in [0.25, 0.3) is 0 Å². The largest absolute Gasteiger partial charge is 0.370 e. The van der Waals surface area contributed by atoms with E-state index in [0.29, 0.717) is 39.2 Å². The summed E-state index contributed by atoms with van der Waals surface area (Å²) in [6.07, 6.45) is 14.4.